The van der Waals surface area contributed by atoms with E-state index in [9.17, 15) is 0 Å². The number of nitrogens with one attached hydrogen (secondary N) is 2. The molecule has 8 nitrogen and oxygen atoms in total. The molecule has 3 aromatic rings. The number of hydrogen-bond acceptors (Lipinski definition) is 6. The van der Waals surface area contributed by atoms with Gasteiger partial charge in [-0.05, 0) is 17.7 Å². The Hall–Kier alpha value is -3.03. The molecule has 3 heterocycles. The second-order valence-corrected chi connectivity index (χ2v) is 4.28. The highest BCUT2D eigenvalue weighted by molar-refractivity contribution is 5.87. The lowest BCUT2D eigenvalue weighted by molar-refractivity contribution is 0.174. The molecule has 2 aromatic heterocycles. The predicted molar refractivity (Wildman–Crippen MR) is 69.9 cm³/mol. The van der Waals surface area contributed by atoms with Crippen LogP contribution in [0.25, 0.3) is 22.5 Å². The van der Waals surface area contributed by atoms with Gasteiger partial charge < -0.3 is 15.2 Å². The number of ether oxygens (including phenoxy) is 2. The quantitative estimate of drug-likeness (QED) is 0.644. The van der Waals surface area contributed by atoms with E-state index in [0.29, 0.717) is 23.0 Å². The third-order valence-electron chi connectivity index (χ3n) is 3.13. The highest BCUT2D eigenvalue weighted by Gasteiger charge is 2.20. The molecule has 1 aliphatic rings. The molecule has 8 heteroatoms. The largest absolute Gasteiger partial charge is 0.454 e. The molecular formula is C12H10N6O2. The smallest absolute Gasteiger partial charge is 0.231 e. The van der Waals surface area contributed by atoms with Crippen LogP contribution in [0.15, 0.2) is 24.4 Å². The van der Waals surface area contributed by atoms with E-state index in [2.05, 4.69) is 25.6 Å². The Morgan fingerprint density at radius 2 is 2.05 bits per heavy atom. The zero-order valence-electron chi connectivity index (χ0n) is 10.3. The molecule has 0 spiro atoms. The van der Waals surface area contributed by atoms with Gasteiger partial charge in [0.05, 0.1) is 17.5 Å². The number of nitrogens with two attached hydrogens (primary N) is 1. The Morgan fingerprint density at radius 1 is 1.15 bits per heavy atom. The summed E-state index contributed by atoms with van der Waals surface area (Å²) in [7, 11) is 0. The first kappa shape index (κ1) is 10.9. The average molecular weight is 270 g/mol. The molecule has 20 heavy (non-hydrogen) atoms. The summed E-state index contributed by atoms with van der Waals surface area (Å²) in [6.45, 7) is 0.232. The van der Waals surface area contributed by atoms with E-state index in [4.69, 9.17) is 15.2 Å². The van der Waals surface area contributed by atoms with Crippen LogP contribution in [-0.2, 0) is 0 Å². The van der Waals surface area contributed by atoms with Gasteiger partial charge in [0, 0.05) is 0 Å². The molecule has 0 radical (unpaired) electrons. The van der Waals surface area contributed by atoms with Crippen molar-refractivity contribution in [2.45, 2.75) is 0 Å². The zero-order chi connectivity index (χ0) is 13.5. The van der Waals surface area contributed by atoms with E-state index in [1.54, 1.807) is 6.20 Å². The van der Waals surface area contributed by atoms with Gasteiger partial charge in [-0.3, -0.25) is 5.10 Å². The molecule has 0 amide bonds. The van der Waals surface area contributed by atoms with Crippen molar-refractivity contribution in [1.82, 2.24) is 25.6 Å². The first-order valence-electron chi connectivity index (χ1n) is 5.93. The van der Waals surface area contributed by atoms with E-state index in [-0.39, 0.29) is 6.79 Å². The fraction of sp³-hybridized carbons (Fsp3) is 0.0833. The van der Waals surface area contributed by atoms with Crippen LogP contribution in [0.4, 0.5) is 5.82 Å². The van der Waals surface area contributed by atoms with Crippen LogP contribution in [0.5, 0.6) is 11.5 Å². The Kier molecular flexibility index (Phi) is 2.16. The van der Waals surface area contributed by atoms with Crippen LogP contribution < -0.4 is 15.2 Å². The molecule has 4 N–H and O–H groups in total. The zero-order valence-corrected chi connectivity index (χ0v) is 10.3. The maximum absolute atomic E-state index is 5.95. The standard InChI is InChI=1S/C12H10N6O2/c13-12-10(11(16-17-12)7-4-14-18-15-7)6-1-2-8-9(3-6)20-5-19-8/h1-4H,5H2,(H3,13,16,17)(H,14,15,18). The molecule has 4 rings (SSSR count). The van der Waals surface area contributed by atoms with Crippen LogP contribution in [0, 0.1) is 0 Å². The number of anilines is 1. The molecule has 0 saturated heterocycles. The number of benzene rings is 1. The van der Waals surface area contributed by atoms with Gasteiger partial charge in [-0.25, -0.2) is 0 Å². The van der Waals surface area contributed by atoms with Gasteiger partial charge >= 0.3 is 0 Å². The third-order valence-corrected chi connectivity index (χ3v) is 3.13. The molecule has 0 fully saturated rings. The molecule has 0 bridgehead atoms. The number of hydrogen-bond donors (Lipinski definition) is 3. The van der Waals surface area contributed by atoms with E-state index < -0.39 is 0 Å². The van der Waals surface area contributed by atoms with Crippen molar-refractivity contribution < 1.29 is 9.47 Å². The maximum atomic E-state index is 5.95. The molecule has 1 aliphatic heterocycles. The summed E-state index contributed by atoms with van der Waals surface area (Å²) >= 11 is 0. The molecule has 1 aromatic carbocycles. The van der Waals surface area contributed by atoms with Crippen molar-refractivity contribution in [1.29, 1.82) is 0 Å². The van der Waals surface area contributed by atoms with Crippen molar-refractivity contribution in [2.24, 2.45) is 0 Å². The van der Waals surface area contributed by atoms with Gasteiger partial charge in [-0.2, -0.15) is 20.5 Å². The Bertz CT molecular complexity index is 764. The topological polar surface area (TPSA) is 115 Å². The van der Waals surface area contributed by atoms with E-state index in [1.807, 2.05) is 18.2 Å². The number of nitrogen functional groups attached to an aromatic ring is 1. The summed E-state index contributed by atoms with van der Waals surface area (Å²) in [5.74, 6) is 1.80. The lowest BCUT2D eigenvalue weighted by Crippen LogP contribution is -1.93. The minimum absolute atomic E-state index is 0.232. The van der Waals surface area contributed by atoms with Gasteiger partial charge in [0.15, 0.2) is 17.3 Å². The van der Waals surface area contributed by atoms with Crippen molar-refractivity contribution in [3.63, 3.8) is 0 Å². The monoisotopic (exact) mass is 270 g/mol. The molecule has 0 unspecified atom stereocenters. The third kappa shape index (κ3) is 1.51. The van der Waals surface area contributed by atoms with Crippen LogP contribution in [0.1, 0.15) is 0 Å². The second-order valence-electron chi connectivity index (χ2n) is 4.28. The minimum atomic E-state index is 0.232. The van der Waals surface area contributed by atoms with Crippen LogP contribution in [-0.4, -0.2) is 32.4 Å². The highest BCUT2D eigenvalue weighted by Crippen LogP contribution is 2.40. The summed E-state index contributed by atoms with van der Waals surface area (Å²) in [5, 5.41) is 17.3. The van der Waals surface area contributed by atoms with E-state index >= 15 is 0 Å². The van der Waals surface area contributed by atoms with Crippen LogP contribution in [0.2, 0.25) is 0 Å². The first-order valence-corrected chi connectivity index (χ1v) is 5.93. The van der Waals surface area contributed by atoms with Crippen molar-refractivity contribution >= 4 is 5.82 Å². The highest BCUT2D eigenvalue weighted by atomic mass is 16.7. The Labute approximate surface area is 112 Å². The SMILES string of the molecule is Nc1n[nH]c(-c2cn[nH]n2)c1-c1ccc2c(c1)OCO2. The predicted octanol–water partition coefficient (Wildman–Crippen LogP) is 1.17. The molecule has 100 valence electrons. The summed E-state index contributed by atoms with van der Waals surface area (Å²) in [4.78, 5) is 0. The van der Waals surface area contributed by atoms with Crippen LogP contribution >= 0.6 is 0 Å². The number of aromatic nitrogens is 5. The van der Waals surface area contributed by atoms with E-state index in [1.165, 1.54) is 0 Å². The molecule has 0 atom stereocenters. The fourth-order valence-electron chi connectivity index (χ4n) is 2.21. The van der Waals surface area contributed by atoms with Gasteiger partial charge in [-0.15, -0.1) is 0 Å². The Morgan fingerprint density at radius 3 is 2.90 bits per heavy atom. The van der Waals surface area contributed by atoms with Gasteiger partial charge in [0.2, 0.25) is 6.79 Å². The normalized spacial score (nSPS) is 12.8. The van der Waals surface area contributed by atoms with Gasteiger partial charge in [0.1, 0.15) is 5.69 Å². The number of fused-ring (bicyclic) bond motifs is 1. The van der Waals surface area contributed by atoms with Crippen molar-refractivity contribution in [2.75, 3.05) is 12.5 Å². The van der Waals surface area contributed by atoms with Crippen molar-refractivity contribution in [3.8, 4) is 34.0 Å². The first-order chi connectivity index (χ1) is 9.83. The van der Waals surface area contributed by atoms with Gasteiger partial charge in [0.25, 0.3) is 0 Å². The molecule has 0 saturated carbocycles. The summed E-state index contributed by atoms with van der Waals surface area (Å²) in [6.07, 6.45) is 1.60. The van der Waals surface area contributed by atoms with Crippen LogP contribution in [0.3, 0.4) is 0 Å². The molecule has 0 aliphatic carbocycles. The number of rotatable bonds is 2. The second kappa shape index (κ2) is 3.98. The molecular weight excluding hydrogens is 260 g/mol. The lowest BCUT2D eigenvalue weighted by atomic mass is 10.0. The van der Waals surface area contributed by atoms with Crippen molar-refractivity contribution in [3.05, 3.63) is 24.4 Å². The lowest BCUT2D eigenvalue weighted by Gasteiger charge is -2.04. The summed E-state index contributed by atoms with van der Waals surface area (Å²) in [6, 6.07) is 5.61. The number of aromatic amines is 2. The average Bonchev–Trinajstić information content (AvgIpc) is 3.17. The Balaban J connectivity index is 1.88. The summed E-state index contributed by atoms with van der Waals surface area (Å²) in [5.41, 5.74) is 8.93. The van der Waals surface area contributed by atoms with E-state index in [0.717, 1.165) is 16.9 Å². The van der Waals surface area contributed by atoms with Gasteiger partial charge in [-0.1, -0.05) is 6.07 Å². The number of H-pyrrole nitrogens is 2. The summed E-state index contributed by atoms with van der Waals surface area (Å²) < 4.78 is 10.7. The maximum Gasteiger partial charge on any atom is 0.231 e. The fourth-order valence-corrected chi connectivity index (χ4v) is 2.21. The number of nitrogens with zero attached hydrogens (tertiary/aromatic N) is 3. The minimum Gasteiger partial charge on any atom is -0.454 e.